The summed E-state index contributed by atoms with van der Waals surface area (Å²) in [6.07, 6.45) is 1.98. The molecule has 0 saturated carbocycles. The lowest BCUT2D eigenvalue weighted by Crippen LogP contribution is -2.47. The summed E-state index contributed by atoms with van der Waals surface area (Å²) in [6.45, 7) is 2.79. The summed E-state index contributed by atoms with van der Waals surface area (Å²) in [6, 6.07) is 0. The largest absolute Gasteiger partial charge is 0.347 e. The molecule has 4 nitrogen and oxygen atoms in total. The number of piperidine rings is 1. The fourth-order valence-corrected chi connectivity index (χ4v) is 2.28. The topological polar surface area (TPSA) is 38.8 Å². The van der Waals surface area contributed by atoms with Gasteiger partial charge in [-0.2, -0.15) is 0 Å². The molecule has 0 aromatic rings. The molecule has 0 aromatic heterocycles. The standard InChI is InChI=1S/C10H16ClNO3/c11-4-1-9(13)12-5-2-10(3-6-12)14-7-8-15-10/h1-8H2. The Labute approximate surface area is 94.5 Å². The number of rotatable bonds is 2. The van der Waals surface area contributed by atoms with Crippen molar-refractivity contribution >= 4 is 17.5 Å². The minimum absolute atomic E-state index is 0.137. The molecule has 2 fully saturated rings. The Hall–Kier alpha value is -0.320. The highest BCUT2D eigenvalue weighted by Crippen LogP contribution is 2.31. The molecule has 0 aromatic carbocycles. The van der Waals surface area contributed by atoms with Crippen LogP contribution in [0.3, 0.4) is 0 Å². The minimum atomic E-state index is -0.391. The smallest absolute Gasteiger partial charge is 0.223 e. The van der Waals surface area contributed by atoms with E-state index in [2.05, 4.69) is 0 Å². The van der Waals surface area contributed by atoms with Gasteiger partial charge in [0.15, 0.2) is 5.79 Å². The molecule has 2 rings (SSSR count). The number of likely N-dealkylation sites (tertiary alicyclic amines) is 1. The maximum Gasteiger partial charge on any atom is 0.223 e. The van der Waals surface area contributed by atoms with Gasteiger partial charge in [0.1, 0.15) is 0 Å². The van der Waals surface area contributed by atoms with E-state index >= 15 is 0 Å². The number of amides is 1. The molecule has 2 aliphatic rings. The number of alkyl halides is 1. The van der Waals surface area contributed by atoms with E-state index in [1.54, 1.807) is 0 Å². The molecule has 0 unspecified atom stereocenters. The Morgan fingerprint density at radius 2 is 1.87 bits per heavy atom. The van der Waals surface area contributed by atoms with E-state index in [4.69, 9.17) is 21.1 Å². The summed E-state index contributed by atoms with van der Waals surface area (Å²) < 4.78 is 11.2. The van der Waals surface area contributed by atoms with Crippen molar-refractivity contribution in [3.05, 3.63) is 0 Å². The highest BCUT2D eigenvalue weighted by Gasteiger charge is 2.40. The van der Waals surface area contributed by atoms with Gasteiger partial charge in [-0.25, -0.2) is 0 Å². The van der Waals surface area contributed by atoms with Gasteiger partial charge in [0.05, 0.1) is 13.2 Å². The van der Waals surface area contributed by atoms with Crippen LogP contribution in [0.2, 0.25) is 0 Å². The molecule has 0 atom stereocenters. The van der Waals surface area contributed by atoms with E-state index in [9.17, 15) is 4.79 Å². The van der Waals surface area contributed by atoms with Crippen molar-refractivity contribution in [1.82, 2.24) is 4.90 Å². The Balaban J connectivity index is 1.83. The third-order valence-corrected chi connectivity index (χ3v) is 3.19. The summed E-state index contributed by atoms with van der Waals surface area (Å²) in [7, 11) is 0. The second-order valence-electron chi connectivity index (χ2n) is 3.93. The number of ether oxygens (including phenoxy) is 2. The Morgan fingerprint density at radius 3 is 2.40 bits per heavy atom. The van der Waals surface area contributed by atoms with Crippen LogP contribution in [0.25, 0.3) is 0 Å². The van der Waals surface area contributed by atoms with Crippen molar-refractivity contribution in [1.29, 1.82) is 0 Å². The third kappa shape index (κ3) is 2.44. The second kappa shape index (κ2) is 4.68. The van der Waals surface area contributed by atoms with Gasteiger partial charge in [0, 0.05) is 38.2 Å². The van der Waals surface area contributed by atoms with Crippen LogP contribution >= 0.6 is 11.6 Å². The van der Waals surface area contributed by atoms with E-state index in [1.807, 2.05) is 4.90 Å². The molecular formula is C10H16ClNO3. The SMILES string of the molecule is O=C(CCCl)N1CCC2(CC1)OCCO2. The lowest BCUT2D eigenvalue weighted by molar-refractivity contribution is -0.187. The first-order chi connectivity index (χ1) is 7.26. The fourth-order valence-electron chi connectivity index (χ4n) is 2.12. The van der Waals surface area contributed by atoms with Crippen LogP contribution in [0.5, 0.6) is 0 Å². The summed E-state index contributed by atoms with van der Waals surface area (Å²) in [5.41, 5.74) is 0. The van der Waals surface area contributed by atoms with Crippen LogP contribution in [0.15, 0.2) is 0 Å². The van der Waals surface area contributed by atoms with Gasteiger partial charge in [-0.05, 0) is 0 Å². The zero-order valence-corrected chi connectivity index (χ0v) is 9.46. The molecular weight excluding hydrogens is 218 g/mol. The highest BCUT2D eigenvalue weighted by atomic mass is 35.5. The number of carbonyl (C=O) groups excluding carboxylic acids is 1. The first-order valence-electron chi connectivity index (χ1n) is 5.37. The van der Waals surface area contributed by atoms with Crippen LogP contribution in [-0.2, 0) is 14.3 Å². The summed E-state index contributed by atoms with van der Waals surface area (Å²) >= 11 is 5.54. The predicted molar refractivity (Wildman–Crippen MR) is 55.8 cm³/mol. The van der Waals surface area contributed by atoms with Crippen molar-refractivity contribution in [3.8, 4) is 0 Å². The fraction of sp³-hybridized carbons (Fsp3) is 0.900. The van der Waals surface area contributed by atoms with Crippen molar-refractivity contribution in [2.75, 3.05) is 32.2 Å². The van der Waals surface area contributed by atoms with Gasteiger partial charge >= 0.3 is 0 Å². The zero-order valence-electron chi connectivity index (χ0n) is 8.71. The Kier molecular flexibility index (Phi) is 3.49. The average molecular weight is 234 g/mol. The van der Waals surface area contributed by atoms with Gasteiger partial charge in [-0.1, -0.05) is 0 Å². The summed E-state index contributed by atoms with van der Waals surface area (Å²) in [5, 5.41) is 0. The molecule has 0 bridgehead atoms. The van der Waals surface area contributed by atoms with E-state index in [0.29, 0.717) is 25.5 Å². The minimum Gasteiger partial charge on any atom is -0.347 e. The maximum atomic E-state index is 11.6. The predicted octanol–water partition coefficient (Wildman–Crippen LogP) is 0.981. The third-order valence-electron chi connectivity index (χ3n) is 3.00. The summed E-state index contributed by atoms with van der Waals surface area (Å²) in [4.78, 5) is 13.4. The molecule has 0 N–H and O–H groups in total. The highest BCUT2D eigenvalue weighted by molar-refractivity contribution is 6.18. The van der Waals surface area contributed by atoms with E-state index in [-0.39, 0.29) is 5.91 Å². The first-order valence-corrected chi connectivity index (χ1v) is 5.91. The van der Waals surface area contributed by atoms with Gasteiger partial charge < -0.3 is 14.4 Å². The van der Waals surface area contributed by atoms with Crippen molar-refractivity contribution in [2.45, 2.75) is 25.0 Å². The van der Waals surface area contributed by atoms with Gasteiger partial charge in [0.2, 0.25) is 5.91 Å². The van der Waals surface area contributed by atoms with Crippen LogP contribution in [0, 0.1) is 0 Å². The zero-order chi connectivity index (χ0) is 10.7. The molecule has 2 heterocycles. The van der Waals surface area contributed by atoms with E-state index < -0.39 is 5.79 Å². The van der Waals surface area contributed by atoms with E-state index in [0.717, 1.165) is 25.9 Å². The lowest BCUT2D eigenvalue weighted by Gasteiger charge is -2.37. The van der Waals surface area contributed by atoms with Gasteiger partial charge in [0.25, 0.3) is 0 Å². The van der Waals surface area contributed by atoms with E-state index in [1.165, 1.54) is 0 Å². The molecule has 0 aliphatic carbocycles. The van der Waals surface area contributed by atoms with Crippen LogP contribution in [-0.4, -0.2) is 48.8 Å². The molecule has 0 radical (unpaired) electrons. The maximum absolute atomic E-state index is 11.6. The molecule has 15 heavy (non-hydrogen) atoms. The number of hydrogen-bond acceptors (Lipinski definition) is 3. The number of nitrogens with zero attached hydrogens (tertiary/aromatic N) is 1. The molecule has 86 valence electrons. The average Bonchev–Trinajstić information content (AvgIpc) is 2.68. The van der Waals surface area contributed by atoms with Crippen LogP contribution in [0.4, 0.5) is 0 Å². The van der Waals surface area contributed by atoms with Crippen molar-refractivity contribution in [3.63, 3.8) is 0 Å². The molecule has 5 heteroatoms. The van der Waals surface area contributed by atoms with Gasteiger partial charge in [-0.15, -0.1) is 11.6 Å². The number of carbonyl (C=O) groups is 1. The second-order valence-corrected chi connectivity index (χ2v) is 4.31. The number of hydrogen-bond donors (Lipinski definition) is 0. The normalized spacial score (nSPS) is 24.7. The molecule has 2 aliphatic heterocycles. The molecule has 1 amide bonds. The number of halogens is 1. The van der Waals surface area contributed by atoms with Gasteiger partial charge in [-0.3, -0.25) is 4.79 Å². The first kappa shape index (κ1) is 11.2. The molecule has 2 saturated heterocycles. The Morgan fingerprint density at radius 1 is 1.27 bits per heavy atom. The molecule has 1 spiro atoms. The lowest BCUT2D eigenvalue weighted by atomic mass is 10.0. The quantitative estimate of drug-likeness (QED) is 0.668. The van der Waals surface area contributed by atoms with Crippen molar-refractivity contribution < 1.29 is 14.3 Å². The van der Waals surface area contributed by atoms with Crippen LogP contribution in [0.1, 0.15) is 19.3 Å². The monoisotopic (exact) mass is 233 g/mol. The van der Waals surface area contributed by atoms with Crippen LogP contribution < -0.4 is 0 Å². The Bertz CT molecular complexity index is 231. The van der Waals surface area contributed by atoms with Crippen molar-refractivity contribution in [2.24, 2.45) is 0 Å². The summed E-state index contributed by atoms with van der Waals surface area (Å²) in [5.74, 6) is 0.142.